The highest BCUT2D eigenvalue weighted by atomic mass is 35.5. The van der Waals surface area contributed by atoms with Crippen LogP contribution in [0.5, 0.6) is 0 Å². The van der Waals surface area contributed by atoms with Gasteiger partial charge in [-0.25, -0.2) is 4.98 Å². The van der Waals surface area contributed by atoms with Gasteiger partial charge in [0.25, 0.3) is 5.22 Å². The van der Waals surface area contributed by atoms with Crippen molar-refractivity contribution in [1.29, 1.82) is 0 Å². The molecular weight excluding hydrogens is 258 g/mol. The van der Waals surface area contributed by atoms with Crippen molar-refractivity contribution >= 4 is 34.5 Å². The van der Waals surface area contributed by atoms with Gasteiger partial charge in [-0.2, -0.15) is 0 Å². The summed E-state index contributed by atoms with van der Waals surface area (Å²) in [5.74, 6) is 0.959. The van der Waals surface area contributed by atoms with Crippen LogP contribution in [0.2, 0.25) is 5.02 Å². The van der Waals surface area contributed by atoms with Crippen LogP contribution in [0.3, 0.4) is 0 Å². The van der Waals surface area contributed by atoms with Crippen molar-refractivity contribution in [3.63, 3.8) is 0 Å². The third-order valence-electron chi connectivity index (χ3n) is 2.36. The van der Waals surface area contributed by atoms with Crippen LogP contribution in [0.4, 0.5) is 0 Å². The van der Waals surface area contributed by atoms with E-state index in [2.05, 4.69) is 4.98 Å². The minimum absolute atomic E-state index is 0.270. The normalized spacial score (nSPS) is 11.2. The van der Waals surface area contributed by atoms with Crippen LogP contribution in [-0.2, 0) is 0 Å². The maximum Gasteiger partial charge on any atom is 0.256 e. The number of nitrogens with zero attached hydrogens (tertiary/aromatic N) is 1. The lowest BCUT2D eigenvalue weighted by atomic mass is 10.3. The van der Waals surface area contributed by atoms with E-state index in [0.717, 1.165) is 36.1 Å². The molecule has 0 bridgehead atoms. The summed E-state index contributed by atoms with van der Waals surface area (Å²) in [6, 6.07) is 5.43. The molecule has 0 aliphatic carbocycles. The summed E-state index contributed by atoms with van der Waals surface area (Å²) in [6.07, 6.45) is 2.96. The van der Waals surface area contributed by atoms with Crippen molar-refractivity contribution < 1.29 is 9.52 Å². The van der Waals surface area contributed by atoms with Gasteiger partial charge in [0.05, 0.1) is 0 Å². The number of rotatable bonds is 6. The van der Waals surface area contributed by atoms with E-state index in [1.54, 1.807) is 23.9 Å². The van der Waals surface area contributed by atoms with Crippen LogP contribution in [-0.4, -0.2) is 22.5 Å². The fourth-order valence-corrected chi connectivity index (χ4v) is 2.49. The quantitative estimate of drug-likeness (QED) is 0.642. The van der Waals surface area contributed by atoms with Gasteiger partial charge in [0, 0.05) is 17.4 Å². The van der Waals surface area contributed by atoms with Crippen LogP contribution >= 0.6 is 23.4 Å². The Morgan fingerprint density at radius 1 is 1.29 bits per heavy atom. The first-order valence-electron chi connectivity index (χ1n) is 5.59. The molecule has 0 aliphatic heterocycles. The number of aliphatic hydroxyl groups is 1. The Labute approximate surface area is 109 Å². The highest BCUT2D eigenvalue weighted by molar-refractivity contribution is 7.99. The first kappa shape index (κ1) is 12.7. The molecule has 2 rings (SSSR count). The zero-order valence-corrected chi connectivity index (χ0v) is 10.9. The number of aromatic nitrogens is 1. The maximum atomic E-state index is 8.65. The molecule has 0 atom stereocenters. The van der Waals surface area contributed by atoms with Crippen molar-refractivity contribution in [1.82, 2.24) is 4.98 Å². The molecule has 0 spiro atoms. The molecule has 0 saturated carbocycles. The number of hydrogen-bond acceptors (Lipinski definition) is 4. The Morgan fingerprint density at radius 3 is 3.00 bits per heavy atom. The molecular formula is C12H14ClNO2S. The Morgan fingerprint density at radius 2 is 2.18 bits per heavy atom. The van der Waals surface area contributed by atoms with E-state index in [1.807, 2.05) is 6.07 Å². The van der Waals surface area contributed by atoms with Crippen molar-refractivity contribution in [3.8, 4) is 0 Å². The number of hydrogen-bond donors (Lipinski definition) is 1. The molecule has 0 unspecified atom stereocenters. The second-order valence-corrected chi connectivity index (χ2v) is 5.21. The maximum absolute atomic E-state index is 8.65. The SMILES string of the molecule is OCCCCCSc1nc2cc(Cl)ccc2o1. The van der Waals surface area contributed by atoms with Crippen molar-refractivity contribution in [2.45, 2.75) is 24.5 Å². The van der Waals surface area contributed by atoms with Crippen LogP contribution in [0, 0.1) is 0 Å². The topological polar surface area (TPSA) is 46.3 Å². The molecule has 5 heteroatoms. The highest BCUT2D eigenvalue weighted by Gasteiger charge is 2.06. The molecule has 17 heavy (non-hydrogen) atoms. The summed E-state index contributed by atoms with van der Waals surface area (Å²) in [6.45, 7) is 0.270. The monoisotopic (exact) mass is 271 g/mol. The average Bonchev–Trinajstić information content (AvgIpc) is 2.70. The fraction of sp³-hybridized carbons (Fsp3) is 0.417. The van der Waals surface area contributed by atoms with Gasteiger partial charge >= 0.3 is 0 Å². The number of fused-ring (bicyclic) bond motifs is 1. The predicted molar refractivity (Wildman–Crippen MR) is 70.7 cm³/mol. The smallest absolute Gasteiger partial charge is 0.256 e. The number of halogens is 1. The van der Waals surface area contributed by atoms with Crippen LogP contribution in [0.25, 0.3) is 11.1 Å². The molecule has 2 aromatic rings. The second kappa shape index (κ2) is 6.28. The number of unbranched alkanes of at least 4 members (excludes halogenated alkanes) is 2. The van der Waals surface area contributed by atoms with Crippen LogP contribution < -0.4 is 0 Å². The zero-order chi connectivity index (χ0) is 12.1. The molecule has 0 fully saturated rings. The number of benzene rings is 1. The van der Waals surface area contributed by atoms with Gasteiger partial charge in [0.15, 0.2) is 5.58 Å². The second-order valence-electron chi connectivity index (χ2n) is 3.72. The van der Waals surface area contributed by atoms with E-state index in [1.165, 1.54) is 0 Å². The summed E-state index contributed by atoms with van der Waals surface area (Å²) >= 11 is 7.48. The summed E-state index contributed by atoms with van der Waals surface area (Å²) < 4.78 is 5.57. The largest absolute Gasteiger partial charge is 0.431 e. The van der Waals surface area contributed by atoms with Gasteiger partial charge in [-0.15, -0.1) is 0 Å². The fourth-order valence-electron chi connectivity index (χ4n) is 1.49. The van der Waals surface area contributed by atoms with Gasteiger partial charge < -0.3 is 9.52 Å². The van der Waals surface area contributed by atoms with Gasteiger partial charge in [0.1, 0.15) is 5.52 Å². The lowest BCUT2D eigenvalue weighted by Gasteiger charge is -1.95. The van der Waals surface area contributed by atoms with Crippen molar-refractivity contribution in [3.05, 3.63) is 23.2 Å². The molecule has 0 amide bonds. The highest BCUT2D eigenvalue weighted by Crippen LogP contribution is 2.26. The lowest BCUT2D eigenvalue weighted by molar-refractivity contribution is 0.284. The van der Waals surface area contributed by atoms with Crippen molar-refractivity contribution in [2.24, 2.45) is 0 Å². The molecule has 0 saturated heterocycles. The molecule has 1 heterocycles. The Balaban J connectivity index is 1.91. The predicted octanol–water partition coefficient (Wildman–Crippen LogP) is 3.74. The standard InChI is InChI=1S/C12H14ClNO2S/c13-9-4-5-11-10(8-9)14-12(16-11)17-7-3-1-2-6-15/h4-5,8,15H,1-3,6-7H2. The average molecular weight is 272 g/mol. The molecule has 1 aromatic carbocycles. The van der Waals surface area contributed by atoms with E-state index in [-0.39, 0.29) is 6.61 Å². The summed E-state index contributed by atoms with van der Waals surface area (Å²) in [4.78, 5) is 4.35. The minimum Gasteiger partial charge on any atom is -0.431 e. The Bertz CT molecular complexity index is 486. The third kappa shape index (κ3) is 3.63. The molecule has 1 aromatic heterocycles. The minimum atomic E-state index is 0.270. The molecule has 92 valence electrons. The van der Waals surface area contributed by atoms with E-state index >= 15 is 0 Å². The van der Waals surface area contributed by atoms with E-state index in [0.29, 0.717) is 10.2 Å². The first-order chi connectivity index (χ1) is 8.29. The van der Waals surface area contributed by atoms with Gasteiger partial charge in [-0.1, -0.05) is 29.8 Å². The zero-order valence-electron chi connectivity index (χ0n) is 9.36. The Kier molecular flexibility index (Phi) is 4.71. The van der Waals surface area contributed by atoms with Gasteiger partial charge in [-0.05, 0) is 31.0 Å². The molecule has 1 N–H and O–H groups in total. The van der Waals surface area contributed by atoms with E-state index < -0.39 is 0 Å². The molecule has 3 nitrogen and oxygen atoms in total. The van der Waals surface area contributed by atoms with Crippen molar-refractivity contribution in [2.75, 3.05) is 12.4 Å². The summed E-state index contributed by atoms with van der Waals surface area (Å²) in [5, 5.41) is 10.0. The molecule has 0 radical (unpaired) electrons. The first-order valence-corrected chi connectivity index (χ1v) is 6.96. The van der Waals surface area contributed by atoms with E-state index in [4.69, 9.17) is 21.1 Å². The molecule has 0 aliphatic rings. The summed E-state index contributed by atoms with van der Waals surface area (Å²) in [7, 11) is 0. The van der Waals surface area contributed by atoms with E-state index in [9.17, 15) is 0 Å². The van der Waals surface area contributed by atoms with Gasteiger partial charge in [-0.3, -0.25) is 0 Å². The lowest BCUT2D eigenvalue weighted by Crippen LogP contribution is -1.85. The van der Waals surface area contributed by atoms with Crippen LogP contribution in [0.1, 0.15) is 19.3 Å². The number of thioether (sulfide) groups is 1. The number of aliphatic hydroxyl groups excluding tert-OH is 1. The third-order valence-corrected chi connectivity index (χ3v) is 3.51. The van der Waals surface area contributed by atoms with Gasteiger partial charge in [0.2, 0.25) is 0 Å². The Hall–Kier alpha value is -0.710. The van der Waals surface area contributed by atoms with Crippen LogP contribution in [0.15, 0.2) is 27.8 Å². The summed E-state index contributed by atoms with van der Waals surface area (Å²) in [5.41, 5.74) is 1.57. The number of oxazole rings is 1.